The highest BCUT2D eigenvalue weighted by molar-refractivity contribution is 5.83. The van der Waals surface area contributed by atoms with Crippen molar-refractivity contribution in [2.24, 2.45) is 0 Å². The lowest BCUT2D eigenvalue weighted by atomic mass is 9.90. The van der Waals surface area contributed by atoms with Gasteiger partial charge in [-0.3, -0.25) is 9.59 Å². The fourth-order valence-corrected chi connectivity index (χ4v) is 2.73. The average molecular weight is 335 g/mol. The molecule has 1 aromatic carbocycles. The van der Waals surface area contributed by atoms with Crippen molar-refractivity contribution in [1.29, 1.82) is 0 Å². The smallest absolute Gasteiger partial charge is 0.328 e. The molecule has 1 atom stereocenters. The summed E-state index contributed by atoms with van der Waals surface area (Å²) in [6, 6.07) is 2.77. The van der Waals surface area contributed by atoms with Crippen LogP contribution in [0.3, 0.4) is 0 Å². The van der Waals surface area contributed by atoms with E-state index in [1.807, 2.05) is 20.8 Å². The highest BCUT2D eigenvalue weighted by Gasteiger charge is 2.23. The molecule has 0 saturated heterocycles. The highest BCUT2D eigenvalue weighted by Crippen LogP contribution is 2.32. The molecule has 1 rings (SSSR count). The summed E-state index contributed by atoms with van der Waals surface area (Å²) < 4.78 is 10.0. The van der Waals surface area contributed by atoms with Gasteiger partial charge in [0.1, 0.15) is 11.8 Å². The molecule has 0 radical (unpaired) electrons. The SMILES string of the molecule is COC(=O)[C@H](Cc1ccc(OC(C)=O)c(C(C)C)c1C)NC(C)=O. The predicted molar refractivity (Wildman–Crippen MR) is 89.9 cm³/mol. The molecular weight excluding hydrogens is 310 g/mol. The maximum atomic E-state index is 11.9. The first-order chi connectivity index (χ1) is 11.2. The van der Waals surface area contributed by atoms with E-state index < -0.39 is 12.0 Å². The van der Waals surface area contributed by atoms with Gasteiger partial charge in [-0.2, -0.15) is 0 Å². The number of nitrogens with one attached hydrogen (secondary N) is 1. The Morgan fingerprint density at radius 3 is 2.25 bits per heavy atom. The van der Waals surface area contributed by atoms with Gasteiger partial charge in [0.05, 0.1) is 7.11 Å². The van der Waals surface area contributed by atoms with E-state index in [0.717, 1.165) is 16.7 Å². The maximum Gasteiger partial charge on any atom is 0.328 e. The molecule has 0 aromatic heterocycles. The summed E-state index contributed by atoms with van der Waals surface area (Å²) in [5.74, 6) is -0.525. The molecule has 1 aromatic rings. The largest absolute Gasteiger partial charge is 0.467 e. The maximum absolute atomic E-state index is 11.9. The van der Waals surface area contributed by atoms with Crippen LogP contribution in [-0.2, 0) is 25.5 Å². The molecule has 1 amide bonds. The van der Waals surface area contributed by atoms with Gasteiger partial charge in [-0.1, -0.05) is 19.9 Å². The predicted octanol–water partition coefficient (Wildman–Crippen LogP) is 2.26. The molecule has 1 N–H and O–H groups in total. The van der Waals surface area contributed by atoms with Crippen LogP contribution in [0.2, 0.25) is 0 Å². The highest BCUT2D eigenvalue weighted by atomic mass is 16.5. The van der Waals surface area contributed by atoms with E-state index in [1.54, 1.807) is 12.1 Å². The van der Waals surface area contributed by atoms with Crippen molar-refractivity contribution in [2.75, 3.05) is 7.11 Å². The summed E-state index contributed by atoms with van der Waals surface area (Å²) in [7, 11) is 1.29. The average Bonchev–Trinajstić information content (AvgIpc) is 2.46. The topological polar surface area (TPSA) is 81.7 Å². The second-order valence-corrected chi connectivity index (χ2v) is 5.99. The van der Waals surface area contributed by atoms with Gasteiger partial charge in [0.2, 0.25) is 5.91 Å². The van der Waals surface area contributed by atoms with Crippen LogP contribution in [0.4, 0.5) is 0 Å². The molecule has 0 spiro atoms. The van der Waals surface area contributed by atoms with Crippen molar-refractivity contribution in [3.05, 3.63) is 28.8 Å². The molecule has 24 heavy (non-hydrogen) atoms. The summed E-state index contributed by atoms with van der Waals surface area (Å²) in [4.78, 5) is 34.5. The van der Waals surface area contributed by atoms with Crippen LogP contribution in [0.15, 0.2) is 12.1 Å². The van der Waals surface area contributed by atoms with Gasteiger partial charge < -0.3 is 14.8 Å². The fraction of sp³-hybridized carbons (Fsp3) is 0.500. The number of ether oxygens (including phenoxy) is 2. The van der Waals surface area contributed by atoms with Crippen molar-refractivity contribution >= 4 is 17.8 Å². The first-order valence-corrected chi connectivity index (χ1v) is 7.83. The Morgan fingerprint density at radius 2 is 1.79 bits per heavy atom. The summed E-state index contributed by atoms with van der Waals surface area (Å²) in [6.07, 6.45) is 0.304. The molecule has 0 aliphatic carbocycles. The van der Waals surface area contributed by atoms with E-state index in [1.165, 1.54) is 21.0 Å². The van der Waals surface area contributed by atoms with Crippen molar-refractivity contribution in [2.45, 2.75) is 53.0 Å². The molecule has 0 aliphatic rings. The molecule has 6 nitrogen and oxygen atoms in total. The van der Waals surface area contributed by atoms with Crippen LogP contribution < -0.4 is 10.1 Å². The third kappa shape index (κ3) is 5.08. The Balaban J connectivity index is 3.23. The first kappa shape index (κ1) is 19.7. The van der Waals surface area contributed by atoms with Gasteiger partial charge in [-0.15, -0.1) is 0 Å². The number of methoxy groups -OCH3 is 1. The van der Waals surface area contributed by atoms with Crippen LogP contribution in [-0.4, -0.2) is 31.0 Å². The van der Waals surface area contributed by atoms with Crippen LogP contribution in [0, 0.1) is 6.92 Å². The number of amides is 1. The quantitative estimate of drug-likeness (QED) is 0.637. The zero-order valence-corrected chi connectivity index (χ0v) is 15.1. The lowest BCUT2D eigenvalue weighted by Crippen LogP contribution is -2.42. The van der Waals surface area contributed by atoms with Gasteiger partial charge in [0.15, 0.2) is 0 Å². The van der Waals surface area contributed by atoms with Crippen LogP contribution in [0.1, 0.15) is 50.3 Å². The Morgan fingerprint density at radius 1 is 1.17 bits per heavy atom. The van der Waals surface area contributed by atoms with E-state index in [0.29, 0.717) is 12.2 Å². The molecule has 0 saturated carbocycles. The van der Waals surface area contributed by atoms with Crippen molar-refractivity contribution in [3.8, 4) is 5.75 Å². The van der Waals surface area contributed by atoms with Gasteiger partial charge >= 0.3 is 11.9 Å². The van der Waals surface area contributed by atoms with E-state index in [9.17, 15) is 14.4 Å². The minimum Gasteiger partial charge on any atom is -0.467 e. The van der Waals surface area contributed by atoms with Crippen molar-refractivity contribution in [3.63, 3.8) is 0 Å². The number of hydrogen-bond donors (Lipinski definition) is 1. The Hall–Kier alpha value is -2.37. The summed E-state index contributed by atoms with van der Waals surface area (Å²) in [5, 5.41) is 2.60. The molecular formula is C18H25NO5. The van der Waals surface area contributed by atoms with Crippen LogP contribution in [0.25, 0.3) is 0 Å². The molecule has 0 unspecified atom stereocenters. The number of esters is 2. The minimum atomic E-state index is -0.759. The first-order valence-electron chi connectivity index (χ1n) is 7.83. The second kappa shape index (κ2) is 8.47. The molecule has 132 valence electrons. The Kier molecular flexibility index (Phi) is 6.95. The number of hydrogen-bond acceptors (Lipinski definition) is 5. The minimum absolute atomic E-state index is 0.136. The fourth-order valence-electron chi connectivity index (χ4n) is 2.73. The van der Waals surface area contributed by atoms with Crippen LogP contribution in [0.5, 0.6) is 5.75 Å². The number of carbonyl (C=O) groups excluding carboxylic acids is 3. The van der Waals surface area contributed by atoms with E-state index in [4.69, 9.17) is 9.47 Å². The molecule has 6 heteroatoms. The van der Waals surface area contributed by atoms with E-state index in [2.05, 4.69) is 5.32 Å². The van der Waals surface area contributed by atoms with E-state index >= 15 is 0 Å². The lowest BCUT2D eigenvalue weighted by Gasteiger charge is -2.21. The van der Waals surface area contributed by atoms with E-state index in [-0.39, 0.29) is 17.8 Å². The summed E-state index contributed by atoms with van der Waals surface area (Å²) >= 11 is 0. The molecule has 0 heterocycles. The standard InChI is InChI=1S/C18H25NO5/c1-10(2)17-11(3)14(7-8-16(17)24-13(5)21)9-15(18(22)23-6)19-12(4)20/h7-8,10,15H,9H2,1-6H3,(H,19,20)/t15-/m0/s1. The molecule has 0 fully saturated rings. The van der Waals surface area contributed by atoms with Crippen molar-refractivity contribution < 1.29 is 23.9 Å². The van der Waals surface area contributed by atoms with Gasteiger partial charge in [0, 0.05) is 25.8 Å². The van der Waals surface area contributed by atoms with Gasteiger partial charge in [-0.25, -0.2) is 4.79 Å². The molecule has 0 aliphatic heterocycles. The number of benzene rings is 1. The Labute approximate surface area is 142 Å². The van der Waals surface area contributed by atoms with Gasteiger partial charge in [0.25, 0.3) is 0 Å². The summed E-state index contributed by atoms with van der Waals surface area (Å²) in [6.45, 7) is 8.64. The monoisotopic (exact) mass is 335 g/mol. The molecule has 0 bridgehead atoms. The zero-order valence-electron chi connectivity index (χ0n) is 15.1. The third-order valence-corrected chi connectivity index (χ3v) is 3.71. The zero-order chi connectivity index (χ0) is 18.4. The number of carbonyl (C=O) groups is 3. The Bertz CT molecular complexity index is 637. The lowest BCUT2D eigenvalue weighted by molar-refractivity contribution is -0.144. The van der Waals surface area contributed by atoms with Crippen molar-refractivity contribution in [1.82, 2.24) is 5.32 Å². The third-order valence-electron chi connectivity index (χ3n) is 3.71. The van der Waals surface area contributed by atoms with Crippen LogP contribution >= 0.6 is 0 Å². The van der Waals surface area contributed by atoms with Gasteiger partial charge in [-0.05, 0) is 30.0 Å². The summed E-state index contributed by atoms with van der Waals surface area (Å²) in [5.41, 5.74) is 2.73. The second-order valence-electron chi connectivity index (χ2n) is 5.99. The number of rotatable bonds is 6. The normalized spacial score (nSPS) is 11.8.